The van der Waals surface area contributed by atoms with E-state index in [0.717, 1.165) is 38.8 Å². The highest BCUT2D eigenvalue weighted by Gasteiger charge is 2.47. The SMILES string of the molecule is O=C(NC(C1CCCC1)C(F)(F)F)N1CCN2CCCCC2C1. The maximum atomic E-state index is 13.3. The van der Waals surface area contributed by atoms with Crippen LogP contribution in [0.1, 0.15) is 44.9 Å². The summed E-state index contributed by atoms with van der Waals surface area (Å²) in [6, 6.07) is -1.91. The molecular weight excluding hydrogens is 307 g/mol. The summed E-state index contributed by atoms with van der Waals surface area (Å²) in [5.41, 5.74) is 0. The largest absolute Gasteiger partial charge is 0.408 e. The number of piperidine rings is 1. The first-order valence-corrected chi connectivity index (χ1v) is 8.81. The first-order chi connectivity index (χ1) is 10.9. The normalized spacial score (nSPS) is 28.5. The van der Waals surface area contributed by atoms with Gasteiger partial charge in [-0.2, -0.15) is 13.2 Å². The number of fused-ring (bicyclic) bond motifs is 1. The van der Waals surface area contributed by atoms with Gasteiger partial charge < -0.3 is 10.2 Å². The zero-order chi connectivity index (χ0) is 16.4. The third-order valence-electron chi connectivity index (χ3n) is 5.63. The number of carbonyl (C=O) groups excluding carboxylic acids is 1. The van der Waals surface area contributed by atoms with E-state index in [1.807, 2.05) is 0 Å². The second-order valence-electron chi connectivity index (χ2n) is 7.14. The summed E-state index contributed by atoms with van der Waals surface area (Å²) in [5, 5.41) is 2.31. The average molecular weight is 333 g/mol. The number of nitrogens with zero attached hydrogens (tertiary/aromatic N) is 2. The predicted molar refractivity (Wildman–Crippen MR) is 81.1 cm³/mol. The number of nitrogens with one attached hydrogen (secondary N) is 1. The second-order valence-corrected chi connectivity index (χ2v) is 7.14. The van der Waals surface area contributed by atoms with Gasteiger partial charge in [0.1, 0.15) is 6.04 Å². The summed E-state index contributed by atoms with van der Waals surface area (Å²) in [4.78, 5) is 16.3. The molecule has 2 atom stereocenters. The van der Waals surface area contributed by atoms with E-state index in [2.05, 4.69) is 10.2 Å². The van der Waals surface area contributed by atoms with Crippen LogP contribution in [-0.4, -0.2) is 60.3 Å². The molecule has 3 rings (SSSR count). The summed E-state index contributed by atoms with van der Waals surface area (Å²) in [7, 11) is 0. The molecule has 2 aliphatic heterocycles. The smallest absolute Gasteiger partial charge is 0.326 e. The molecule has 0 spiro atoms. The van der Waals surface area contributed by atoms with Gasteiger partial charge in [-0.1, -0.05) is 19.3 Å². The van der Waals surface area contributed by atoms with Gasteiger partial charge in [0.15, 0.2) is 0 Å². The van der Waals surface area contributed by atoms with E-state index in [-0.39, 0.29) is 0 Å². The molecular formula is C16H26F3N3O. The first kappa shape index (κ1) is 16.9. The molecule has 2 unspecified atom stereocenters. The Kier molecular flexibility index (Phi) is 5.04. The lowest BCUT2D eigenvalue weighted by Crippen LogP contribution is -2.60. The quantitative estimate of drug-likeness (QED) is 0.843. The number of piperazine rings is 1. The zero-order valence-corrected chi connectivity index (χ0v) is 13.4. The van der Waals surface area contributed by atoms with Gasteiger partial charge in [0.2, 0.25) is 0 Å². The first-order valence-electron chi connectivity index (χ1n) is 8.81. The van der Waals surface area contributed by atoms with Gasteiger partial charge in [0, 0.05) is 25.7 Å². The fourth-order valence-corrected chi connectivity index (χ4v) is 4.32. The summed E-state index contributed by atoms with van der Waals surface area (Å²) in [5.74, 6) is -0.463. The highest BCUT2D eigenvalue weighted by molar-refractivity contribution is 5.75. The number of rotatable bonds is 2. The van der Waals surface area contributed by atoms with Crippen LogP contribution in [0.5, 0.6) is 0 Å². The Bertz CT molecular complexity index is 423. The molecule has 1 aliphatic carbocycles. The number of alkyl halides is 3. The number of carbonyl (C=O) groups is 1. The molecule has 7 heteroatoms. The molecule has 1 saturated carbocycles. The average Bonchev–Trinajstić information content (AvgIpc) is 3.04. The minimum absolute atomic E-state index is 0.319. The van der Waals surface area contributed by atoms with Crippen molar-refractivity contribution in [2.24, 2.45) is 5.92 Å². The Balaban J connectivity index is 1.60. The zero-order valence-electron chi connectivity index (χ0n) is 13.4. The molecule has 4 nitrogen and oxygen atoms in total. The molecule has 2 heterocycles. The molecule has 0 aromatic heterocycles. The van der Waals surface area contributed by atoms with Crippen molar-refractivity contribution in [1.29, 1.82) is 0 Å². The van der Waals surface area contributed by atoms with Crippen LogP contribution in [0.3, 0.4) is 0 Å². The van der Waals surface area contributed by atoms with Crippen LogP contribution >= 0.6 is 0 Å². The fourth-order valence-electron chi connectivity index (χ4n) is 4.32. The van der Waals surface area contributed by atoms with Crippen LogP contribution in [0.15, 0.2) is 0 Å². The standard InChI is InChI=1S/C16H26F3N3O/c17-16(18,19)14(12-5-1-2-6-12)20-15(23)22-10-9-21-8-4-3-7-13(21)11-22/h12-14H,1-11H2,(H,20,23). The van der Waals surface area contributed by atoms with Crippen molar-refractivity contribution in [3.8, 4) is 0 Å². The number of halogens is 3. The van der Waals surface area contributed by atoms with E-state index in [9.17, 15) is 18.0 Å². The van der Waals surface area contributed by atoms with Crippen molar-refractivity contribution in [1.82, 2.24) is 15.1 Å². The van der Waals surface area contributed by atoms with Crippen molar-refractivity contribution in [3.63, 3.8) is 0 Å². The lowest BCUT2D eigenvalue weighted by atomic mass is 9.97. The molecule has 2 amide bonds. The van der Waals surface area contributed by atoms with Crippen molar-refractivity contribution >= 4 is 6.03 Å². The molecule has 3 aliphatic rings. The molecule has 132 valence electrons. The summed E-state index contributed by atoms with van der Waals surface area (Å²) < 4.78 is 40.0. The van der Waals surface area contributed by atoms with E-state index in [0.29, 0.717) is 32.0 Å². The lowest BCUT2D eigenvalue weighted by molar-refractivity contribution is -0.165. The van der Waals surface area contributed by atoms with Gasteiger partial charge in [-0.25, -0.2) is 4.79 Å². The Labute approximate surface area is 135 Å². The number of amides is 2. The number of hydrogen-bond donors (Lipinski definition) is 1. The van der Waals surface area contributed by atoms with Gasteiger partial charge in [0.05, 0.1) is 0 Å². The Morgan fingerprint density at radius 3 is 2.39 bits per heavy atom. The van der Waals surface area contributed by atoms with Crippen LogP contribution in [0, 0.1) is 5.92 Å². The van der Waals surface area contributed by atoms with Gasteiger partial charge >= 0.3 is 12.2 Å². The fraction of sp³-hybridized carbons (Fsp3) is 0.938. The van der Waals surface area contributed by atoms with Crippen molar-refractivity contribution in [2.75, 3.05) is 26.2 Å². The van der Waals surface area contributed by atoms with Gasteiger partial charge in [-0.15, -0.1) is 0 Å². The summed E-state index contributed by atoms with van der Waals surface area (Å²) >= 11 is 0. The van der Waals surface area contributed by atoms with Gasteiger partial charge in [-0.05, 0) is 38.1 Å². The second kappa shape index (κ2) is 6.87. The molecule has 0 aromatic rings. The molecule has 0 radical (unpaired) electrons. The van der Waals surface area contributed by atoms with Crippen LogP contribution in [-0.2, 0) is 0 Å². The number of urea groups is 1. The van der Waals surface area contributed by atoms with Crippen LogP contribution < -0.4 is 5.32 Å². The van der Waals surface area contributed by atoms with Crippen LogP contribution in [0.4, 0.5) is 18.0 Å². The molecule has 23 heavy (non-hydrogen) atoms. The highest BCUT2D eigenvalue weighted by atomic mass is 19.4. The van der Waals surface area contributed by atoms with E-state index in [4.69, 9.17) is 0 Å². The van der Waals surface area contributed by atoms with Crippen molar-refractivity contribution in [3.05, 3.63) is 0 Å². The molecule has 3 fully saturated rings. The van der Waals surface area contributed by atoms with E-state index >= 15 is 0 Å². The maximum absolute atomic E-state index is 13.3. The maximum Gasteiger partial charge on any atom is 0.408 e. The summed E-state index contributed by atoms with van der Waals surface area (Å²) in [6.45, 7) is 2.91. The van der Waals surface area contributed by atoms with E-state index in [1.165, 1.54) is 6.42 Å². The highest BCUT2D eigenvalue weighted by Crippen LogP contribution is 2.35. The van der Waals surface area contributed by atoms with Crippen LogP contribution in [0.2, 0.25) is 0 Å². The van der Waals surface area contributed by atoms with E-state index < -0.39 is 24.2 Å². The van der Waals surface area contributed by atoms with E-state index in [1.54, 1.807) is 4.90 Å². The van der Waals surface area contributed by atoms with Gasteiger partial charge in [0.25, 0.3) is 0 Å². The Morgan fingerprint density at radius 2 is 1.70 bits per heavy atom. The topological polar surface area (TPSA) is 35.6 Å². The Hall–Kier alpha value is -0.980. The molecule has 2 saturated heterocycles. The third kappa shape index (κ3) is 3.92. The Morgan fingerprint density at radius 1 is 1.00 bits per heavy atom. The minimum Gasteiger partial charge on any atom is -0.326 e. The predicted octanol–water partition coefficient (Wildman–Crippen LogP) is 2.99. The third-order valence-corrected chi connectivity index (χ3v) is 5.63. The number of hydrogen-bond acceptors (Lipinski definition) is 2. The van der Waals surface area contributed by atoms with Gasteiger partial charge in [-0.3, -0.25) is 4.90 Å². The van der Waals surface area contributed by atoms with Crippen LogP contribution in [0.25, 0.3) is 0 Å². The van der Waals surface area contributed by atoms with Crippen molar-refractivity contribution < 1.29 is 18.0 Å². The summed E-state index contributed by atoms with van der Waals surface area (Å²) in [6.07, 6.45) is 1.76. The van der Waals surface area contributed by atoms with Crippen molar-refractivity contribution in [2.45, 2.75) is 63.2 Å². The molecule has 0 bridgehead atoms. The lowest BCUT2D eigenvalue weighted by Gasteiger charge is -2.44. The monoisotopic (exact) mass is 333 g/mol. The molecule has 1 N–H and O–H groups in total. The molecule has 0 aromatic carbocycles. The minimum atomic E-state index is -4.36.